The Hall–Kier alpha value is -7.27. The number of rotatable bonds is 40. The highest BCUT2D eigenvalue weighted by Crippen LogP contribution is 2.65. The Morgan fingerprint density at radius 2 is 1.18 bits per heavy atom. The summed E-state index contributed by atoms with van der Waals surface area (Å²) in [4.78, 5) is 125. The zero-order chi connectivity index (χ0) is 75.5. The number of esters is 5. The number of likely N-dealkylation sites (N-methyl/N-ethyl adjacent to an activating group) is 1. The average Bonchev–Trinajstić information content (AvgIpc) is 0.668. The number of fused-ring (bicyclic) bond motifs is 5. The summed E-state index contributed by atoms with van der Waals surface area (Å²) in [5.74, 6) is -8.43. The molecule has 4 aliphatic rings. The summed E-state index contributed by atoms with van der Waals surface area (Å²) in [7, 11) is 1.99. The maximum atomic E-state index is 16.5. The fourth-order valence-corrected chi connectivity index (χ4v) is 16.2. The van der Waals surface area contributed by atoms with Crippen molar-refractivity contribution in [3.63, 3.8) is 0 Å². The average molecular weight is 1460 g/mol. The molecular weight excluding hydrogens is 1350 g/mol. The van der Waals surface area contributed by atoms with Gasteiger partial charge in [-0.25, -0.2) is 14.2 Å². The molecule has 23 heteroatoms. The highest BCUT2D eigenvalue weighted by molar-refractivity contribution is 7.47. The van der Waals surface area contributed by atoms with Crippen LogP contribution in [0.2, 0.25) is 0 Å². The Bertz CT molecular complexity index is 3640. The maximum absolute atomic E-state index is 16.5. The number of hydrogen-bond donors (Lipinski definition) is 4. The third kappa shape index (κ3) is 21.3. The first-order chi connectivity index (χ1) is 49.4. The monoisotopic (exact) mass is 1460 g/mol. The molecule has 4 aromatic carbocycles. The lowest BCUT2D eigenvalue weighted by Crippen LogP contribution is -2.82. The molecule has 3 aliphatic carbocycles. The van der Waals surface area contributed by atoms with Gasteiger partial charge in [0.15, 0.2) is 23.6 Å². The number of aryl methyl sites for hydroxylation is 1. The Morgan fingerprint density at radius 3 is 1.72 bits per heavy atom. The zero-order valence-electron chi connectivity index (χ0n) is 62.1. The lowest BCUT2D eigenvalue weighted by molar-refractivity contribution is -0.870. The van der Waals surface area contributed by atoms with Gasteiger partial charge in [0.2, 0.25) is 0 Å². The minimum absolute atomic E-state index is 0.0174. The van der Waals surface area contributed by atoms with Crippen molar-refractivity contribution >= 4 is 55.1 Å². The zero-order valence-corrected chi connectivity index (χ0v) is 63.0. The van der Waals surface area contributed by atoms with E-state index in [1.807, 2.05) is 45.4 Å². The van der Waals surface area contributed by atoms with E-state index in [0.717, 1.165) is 69.9 Å². The molecule has 0 radical (unpaired) electrons. The molecule has 1 heterocycles. The first-order valence-corrected chi connectivity index (χ1v) is 38.6. The van der Waals surface area contributed by atoms with Crippen molar-refractivity contribution in [1.29, 1.82) is 0 Å². The van der Waals surface area contributed by atoms with Crippen molar-refractivity contribution < 1.29 is 100.0 Å². The van der Waals surface area contributed by atoms with Gasteiger partial charge in [-0.05, 0) is 85.2 Å². The number of phosphoric ester groups is 1. The summed E-state index contributed by atoms with van der Waals surface area (Å²) >= 11 is 0. The molecule has 4 aromatic rings. The second kappa shape index (κ2) is 37.3. The van der Waals surface area contributed by atoms with Gasteiger partial charge in [-0.3, -0.25) is 37.8 Å². The van der Waals surface area contributed by atoms with Crippen molar-refractivity contribution in [2.24, 2.45) is 16.7 Å². The van der Waals surface area contributed by atoms with Crippen LogP contribution in [0.15, 0.2) is 126 Å². The predicted molar refractivity (Wildman–Crippen MR) is 388 cm³/mol. The number of nitrogens with one attached hydrogen (secondary N) is 1. The number of carbonyl (C=O) groups is 8. The molecule has 22 nitrogen and oxygen atoms in total. The van der Waals surface area contributed by atoms with Crippen molar-refractivity contribution in [3.05, 3.63) is 154 Å². The van der Waals surface area contributed by atoms with Crippen LogP contribution in [-0.4, -0.2) is 162 Å². The van der Waals surface area contributed by atoms with Gasteiger partial charge in [-0.15, -0.1) is 0 Å². The van der Waals surface area contributed by atoms with Crippen molar-refractivity contribution in [2.75, 3.05) is 47.5 Å². The normalized spacial score (nSPS) is 24.5. The standard InChI is InChI=1S/C81H109N2O20P/c1-55-64(100-77(92)70(88)69(60-36-28-24-29-37-60)82-75(90)61-38-30-25-31-39-61)53-81(93)74(102-76(91)62-40-32-26-33-41-62)72-79(6,73(89)71(99-56(2)84)68(55)78(81,4)5)65(52-66-80(72,54-96-66)103-57(3)85)101-67(87)47-46-63(86)51-59-44-42-58(43-45-59)35-27-22-20-18-16-14-12-10-11-13-15-17-19-21-23-34-49-97-104(94,95)98-50-48-83(7,8)9/h24-26,28-33,36-45,64-66,69-72,74,88,93H,10-23,27,34-35,46-54H2,1-9H3,(H-,82,90,94,95)/p+1/t64-,65-,66+,69-,70+,71+,72-,74-,79+,80-,81+/m0/s1. The van der Waals surface area contributed by atoms with Crippen LogP contribution in [0.3, 0.4) is 0 Å². The summed E-state index contributed by atoms with van der Waals surface area (Å²) < 4.78 is 60.7. The lowest BCUT2D eigenvalue weighted by atomic mass is 9.44. The number of aliphatic hydroxyl groups excluding tert-OH is 1. The predicted octanol–water partition coefficient (Wildman–Crippen LogP) is 12.5. The minimum atomic E-state index is -3.99. The smallest absolute Gasteiger partial charge is 0.461 e. The van der Waals surface area contributed by atoms with Gasteiger partial charge in [0, 0.05) is 50.5 Å². The van der Waals surface area contributed by atoms with Crippen molar-refractivity contribution in [2.45, 2.75) is 237 Å². The summed E-state index contributed by atoms with van der Waals surface area (Å²) in [5, 5.41) is 29.0. The quantitative estimate of drug-likeness (QED) is 0.00803. The largest absolute Gasteiger partial charge is 0.472 e. The number of ketones is 2. The molecule has 4 N–H and O–H groups in total. The summed E-state index contributed by atoms with van der Waals surface area (Å²) in [6.07, 6.45) is 7.59. The molecule has 1 unspecified atom stereocenters. The highest BCUT2D eigenvalue weighted by atomic mass is 31.2. The molecule has 1 amide bonds. The number of carbonyl (C=O) groups excluding carboxylic acids is 8. The second-order valence-corrected chi connectivity index (χ2v) is 31.9. The lowest BCUT2D eigenvalue weighted by Gasteiger charge is -2.67. The fraction of sp³-hybridized carbons (Fsp3) is 0.580. The van der Waals surface area contributed by atoms with E-state index in [9.17, 15) is 53.2 Å². The number of aliphatic hydroxyl groups is 2. The molecule has 1 saturated heterocycles. The number of ether oxygens (including phenoxy) is 6. The fourth-order valence-electron chi connectivity index (χ4n) is 15.5. The van der Waals surface area contributed by atoms with Crippen molar-refractivity contribution in [1.82, 2.24) is 5.32 Å². The first-order valence-electron chi connectivity index (χ1n) is 37.1. The molecule has 0 aromatic heterocycles. The van der Waals surface area contributed by atoms with Crippen LogP contribution in [-0.2, 0) is 83.6 Å². The molecule has 1 aliphatic heterocycles. The van der Waals surface area contributed by atoms with Crippen LogP contribution in [0, 0.1) is 16.7 Å². The van der Waals surface area contributed by atoms with E-state index < -0.39 is 139 Å². The number of benzene rings is 4. The maximum Gasteiger partial charge on any atom is 0.472 e. The Balaban J connectivity index is 0.887. The number of quaternary nitrogens is 1. The van der Waals surface area contributed by atoms with Crippen LogP contribution in [0.4, 0.5) is 0 Å². The third-order valence-corrected chi connectivity index (χ3v) is 22.4. The SMILES string of the molecule is CC(=O)O[C@H]1C(=O)[C@]2(C)[C@@H](OC(=O)CCC(=O)Cc3ccc(CCCCCCCCCCCCCCCCCCOP(=O)(O)OCC[N+](C)(C)C)cc3)C[C@H]3OC[C@@]3(OC(C)=O)[C@H]2[C@H](OC(=O)c2ccccc2)[C@]2(O)C[C@H](OC(=O)[C@H](O)[C@@H](NC(=O)c3ccccc3)c3ccccc3)C(C)=C1C2(C)C. The molecular formula is C81H110N2O20P+. The Morgan fingerprint density at radius 1 is 0.654 bits per heavy atom. The molecule has 3 fully saturated rings. The number of Topliss-reactive ketones (excluding diaryl/α,β-unsaturated/α-hetero) is 2. The van der Waals surface area contributed by atoms with Gasteiger partial charge in [0.05, 0.1) is 63.7 Å². The number of amides is 1. The van der Waals surface area contributed by atoms with E-state index in [0.29, 0.717) is 16.6 Å². The molecule has 0 spiro atoms. The molecule has 568 valence electrons. The van der Waals surface area contributed by atoms with E-state index in [2.05, 4.69) is 5.32 Å². The van der Waals surface area contributed by atoms with Gasteiger partial charge < -0.3 is 53.3 Å². The van der Waals surface area contributed by atoms with Crippen LogP contribution >= 0.6 is 7.82 Å². The molecule has 8 rings (SSSR count). The molecule has 104 heavy (non-hydrogen) atoms. The van der Waals surface area contributed by atoms with Crippen LogP contribution in [0.5, 0.6) is 0 Å². The van der Waals surface area contributed by atoms with Crippen LogP contribution in [0.25, 0.3) is 0 Å². The Kier molecular flexibility index (Phi) is 29.6. The summed E-state index contributed by atoms with van der Waals surface area (Å²) in [5.41, 5.74) is -5.88. The second-order valence-electron chi connectivity index (χ2n) is 30.4. The highest BCUT2D eigenvalue weighted by Gasteiger charge is 2.79. The van der Waals surface area contributed by atoms with Gasteiger partial charge in [0.1, 0.15) is 49.0 Å². The number of unbranched alkanes of at least 4 members (excludes halogenated alkanes) is 15. The van der Waals surface area contributed by atoms with Crippen LogP contribution in [0.1, 0.15) is 213 Å². The van der Waals surface area contributed by atoms with E-state index in [1.54, 1.807) is 92.7 Å². The summed E-state index contributed by atoms with van der Waals surface area (Å²) in [6.45, 7) is 8.88. The van der Waals surface area contributed by atoms with E-state index in [1.165, 1.54) is 90.2 Å². The van der Waals surface area contributed by atoms with Crippen LogP contribution < -0.4 is 5.32 Å². The number of hydrogen-bond acceptors (Lipinski definition) is 19. The molecule has 12 atom stereocenters. The van der Waals surface area contributed by atoms with Gasteiger partial charge >= 0.3 is 37.7 Å². The van der Waals surface area contributed by atoms with Gasteiger partial charge in [-0.1, -0.05) is 195 Å². The summed E-state index contributed by atoms with van der Waals surface area (Å²) in [6, 6.07) is 30.6. The Labute approximate surface area is 612 Å². The van der Waals surface area contributed by atoms with E-state index in [-0.39, 0.29) is 60.5 Å². The van der Waals surface area contributed by atoms with Gasteiger partial charge in [-0.2, -0.15) is 0 Å². The van der Waals surface area contributed by atoms with E-state index in [4.69, 9.17) is 37.5 Å². The molecule has 2 saturated carbocycles. The first kappa shape index (κ1) is 82.4. The third-order valence-electron chi connectivity index (χ3n) is 21.4. The van der Waals surface area contributed by atoms with E-state index >= 15 is 4.79 Å². The number of phosphoric acid groups is 1. The molecule has 2 bridgehead atoms. The number of nitrogens with zero attached hydrogens (tertiary/aromatic N) is 1. The topological polar surface area (TPSA) is 300 Å². The minimum Gasteiger partial charge on any atom is -0.461 e. The van der Waals surface area contributed by atoms with Gasteiger partial charge in [0.25, 0.3) is 5.91 Å². The van der Waals surface area contributed by atoms with Crippen molar-refractivity contribution in [3.8, 4) is 0 Å².